The van der Waals surface area contributed by atoms with Crippen LogP contribution in [0.15, 0.2) is 40.9 Å². The largest absolute Gasteiger partial charge is 0.495 e. The Bertz CT molecular complexity index is 679. The van der Waals surface area contributed by atoms with Crippen molar-refractivity contribution < 1.29 is 9.66 Å². The molecule has 1 N–H and O–H groups in total. The van der Waals surface area contributed by atoms with E-state index in [9.17, 15) is 10.1 Å². The number of methoxy groups -OCH3 is 1. The molecular weight excluding hydrogens is 360 g/mol. The molecule has 0 aliphatic carbocycles. The smallest absolute Gasteiger partial charge is 0.270 e. The van der Waals surface area contributed by atoms with Crippen LogP contribution in [-0.2, 0) is 6.54 Å². The number of nitrogens with zero attached hydrogens (tertiary/aromatic N) is 1. The van der Waals surface area contributed by atoms with E-state index in [0.717, 1.165) is 11.3 Å². The van der Waals surface area contributed by atoms with Crippen LogP contribution in [0.2, 0.25) is 5.02 Å². The monoisotopic (exact) mass is 370 g/mol. The molecule has 21 heavy (non-hydrogen) atoms. The molecule has 7 heteroatoms. The van der Waals surface area contributed by atoms with Gasteiger partial charge >= 0.3 is 0 Å². The molecule has 0 amide bonds. The van der Waals surface area contributed by atoms with Crippen LogP contribution >= 0.6 is 27.5 Å². The molecule has 0 radical (unpaired) electrons. The average Bonchev–Trinajstić information content (AvgIpc) is 2.44. The van der Waals surface area contributed by atoms with Gasteiger partial charge in [0.15, 0.2) is 0 Å². The molecule has 2 aromatic carbocycles. The van der Waals surface area contributed by atoms with Gasteiger partial charge in [-0.2, -0.15) is 0 Å². The molecule has 5 nitrogen and oxygen atoms in total. The van der Waals surface area contributed by atoms with Gasteiger partial charge in [-0.3, -0.25) is 10.1 Å². The van der Waals surface area contributed by atoms with Crippen LogP contribution in [-0.4, -0.2) is 12.0 Å². The lowest BCUT2D eigenvalue weighted by atomic mass is 10.2. The average molecular weight is 372 g/mol. The lowest BCUT2D eigenvalue weighted by molar-refractivity contribution is -0.385. The Balaban J connectivity index is 2.12. The van der Waals surface area contributed by atoms with Crippen molar-refractivity contribution in [2.24, 2.45) is 0 Å². The minimum atomic E-state index is -0.418. The Labute approximate surface area is 135 Å². The molecule has 0 aliphatic rings. The normalized spacial score (nSPS) is 10.2. The van der Waals surface area contributed by atoms with Crippen molar-refractivity contribution in [3.8, 4) is 5.75 Å². The van der Waals surface area contributed by atoms with Crippen molar-refractivity contribution in [1.29, 1.82) is 0 Å². The molecule has 2 aromatic rings. The van der Waals surface area contributed by atoms with E-state index in [1.165, 1.54) is 12.1 Å². The zero-order valence-corrected chi connectivity index (χ0v) is 13.4. The van der Waals surface area contributed by atoms with Gasteiger partial charge in [-0.1, -0.05) is 27.5 Å². The second kappa shape index (κ2) is 6.78. The summed E-state index contributed by atoms with van der Waals surface area (Å²) in [5, 5.41) is 14.5. The summed E-state index contributed by atoms with van der Waals surface area (Å²) in [6, 6.07) is 10.2. The summed E-state index contributed by atoms with van der Waals surface area (Å²) in [4.78, 5) is 10.4. The highest BCUT2D eigenvalue weighted by molar-refractivity contribution is 9.10. The Morgan fingerprint density at radius 3 is 2.71 bits per heavy atom. The molecule has 0 atom stereocenters. The van der Waals surface area contributed by atoms with E-state index in [-0.39, 0.29) is 5.69 Å². The molecule has 0 aromatic heterocycles. The molecule has 2 rings (SSSR count). The third kappa shape index (κ3) is 4.09. The lowest BCUT2D eigenvalue weighted by Crippen LogP contribution is -2.00. The number of ether oxygens (including phenoxy) is 1. The molecule has 0 spiro atoms. The highest BCUT2D eigenvalue weighted by Gasteiger charge is 2.09. The Morgan fingerprint density at radius 1 is 1.33 bits per heavy atom. The second-order valence-electron chi connectivity index (χ2n) is 4.28. The van der Waals surface area contributed by atoms with E-state index in [4.69, 9.17) is 16.3 Å². The summed E-state index contributed by atoms with van der Waals surface area (Å²) in [5.74, 6) is 0.598. The first-order valence-corrected chi connectivity index (χ1v) is 7.18. The SMILES string of the molecule is COc1ccc(NCc2cc(Br)cc([N+](=O)[O-])c2)cc1Cl. The summed E-state index contributed by atoms with van der Waals surface area (Å²) in [7, 11) is 1.55. The summed E-state index contributed by atoms with van der Waals surface area (Å²) in [6.07, 6.45) is 0. The quantitative estimate of drug-likeness (QED) is 0.614. The number of nitro benzene ring substituents is 1. The maximum atomic E-state index is 10.8. The van der Waals surface area contributed by atoms with Gasteiger partial charge in [0.2, 0.25) is 0 Å². The number of nitrogens with one attached hydrogen (secondary N) is 1. The Morgan fingerprint density at radius 2 is 2.10 bits per heavy atom. The topological polar surface area (TPSA) is 64.4 Å². The van der Waals surface area contributed by atoms with Crippen LogP contribution < -0.4 is 10.1 Å². The molecule has 0 fully saturated rings. The predicted molar refractivity (Wildman–Crippen MR) is 86.1 cm³/mol. The van der Waals surface area contributed by atoms with E-state index in [1.807, 2.05) is 12.1 Å². The fourth-order valence-electron chi connectivity index (χ4n) is 1.82. The number of non-ortho nitro benzene ring substituents is 1. The number of halogens is 2. The van der Waals surface area contributed by atoms with Gasteiger partial charge in [0.25, 0.3) is 5.69 Å². The minimum absolute atomic E-state index is 0.0499. The molecular formula is C14H12BrClN2O3. The van der Waals surface area contributed by atoms with Crippen LogP contribution in [0.5, 0.6) is 5.75 Å². The van der Waals surface area contributed by atoms with Gasteiger partial charge in [-0.15, -0.1) is 0 Å². The molecule has 110 valence electrons. The summed E-state index contributed by atoms with van der Waals surface area (Å²) < 4.78 is 5.75. The van der Waals surface area contributed by atoms with Crippen molar-refractivity contribution in [2.45, 2.75) is 6.54 Å². The van der Waals surface area contributed by atoms with Gasteiger partial charge in [-0.25, -0.2) is 0 Å². The first-order chi connectivity index (χ1) is 9.99. The van der Waals surface area contributed by atoms with Crippen LogP contribution in [0, 0.1) is 10.1 Å². The van der Waals surface area contributed by atoms with Gasteiger partial charge < -0.3 is 10.1 Å². The summed E-state index contributed by atoms with van der Waals surface area (Å²) in [6.45, 7) is 0.447. The van der Waals surface area contributed by atoms with E-state index >= 15 is 0 Å². The maximum Gasteiger partial charge on any atom is 0.270 e. The standard InChI is InChI=1S/C14H12BrClN2O3/c1-21-14-3-2-11(7-13(14)16)17-8-9-4-10(15)6-12(5-9)18(19)20/h2-7,17H,8H2,1H3. The van der Waals surface area contributed by atoms with Crippen molar-refractivity contribution in [2.75, 3.05) is 12.4 Å². The molecule has 0 heterocycles. The maximum absolute atomic E-state index is 10.8. The third-order valence-electron chi connectivity index (χ3n) is 2.80. The van der Waals surface area contributed by atoms with E-state index in [1.54, 1.807) is 19.2 Å². The number of rotatable bonds is 5. The number of hydrogen-bond acceptors (Lipinski definition) is 4. The first kappa shape index (κ1) is 15.6. The highest BCUT2D eigenvalue weighted by Crippen LogP contribution is 2.28. The zero-order valence-electron chi connectivity index (χ0n) is 11.1. The van der Waals surface area contributed by atoms with Crippen molar-refractivity contribution in [1.82, 2.24) is 0 Å². The van der Waals surface area contributed by atoms with Crippen molar-refractivity contribution >= 4 is 38.9 Å². The van der Waals surface area contributed by atoms with Crippen LogP contribution in [0.1, 0.15) is 5.56 Å². The van der Waals surface area contributed by atoms with Gasteiger partial charge in [0.1, 0.15) is 5.75 Å². The van der Waals surface area contributed by atoms with E-state index < -0.39 is 4.92 Å². The van der Waals surface area contributed by atoms with Crippen LogP contribution in [0.25, 0.3) is 0 Å². The molecule has 0 saturated carbocycles. The minimum Gasteiger partial charge on any atom is -0.495 e. The fourth-order valence-corrected chi connectivity index (χ4v) is 2.61. The summed E-state index contributed by atoms with van der Waals surface area (Å²) in [5.41, 5.74) is 1.65. The Kier molecular flexibility index (Phi) is 5.03. The summed E-state index contributed by atoms with van der Waals surface area (Å²) >= 11 is 9.31. The number of nitro groups is 1. The zero-order chi connectivity index (χ0) is 15.4. The number of benzene rings is 2. The van der Waals surface area contributed by atoms with Gasteiger partial charge in [-0.05, 0) is 29.8 Å². The predicted octanol–water partition coefficient (Wildman–Crippen LogP) is 4.63. The molecule has 0 saturated heterocycles. The van der Waals surface area contributed by atoms with Crippen molar-refractivity contribution in [3.05, 3.63) is 61.6 Å². The van der Waals surface area contributed by atoms with Crippen LogP contribution in [0.3, 0.4) is 0 Å². The number of hydrogen-bond donors (Lipinski definition) is 1. The van der Waals surface area contributed by atoms with E-state index in [0.29, 0.717) is 21.8 Å². The third-order valence-corrected chi connectivity index (χ3v) is 3.55. The fraction of sp³-hybridized carbons (Fsp3) is 0.143. The molecule has 0 aliphatic heterocycles. The number of anilines is 1. The van der Waals surface area contributed by atoms with Gasteiger partial charge in [0, 0.05) is 28.8 Å². The second-order valence-corrected chi connectivity index (χ2v) is 5.60. The lowest BCUT2D eigenvalue weighted by Gasteiger charge is -2.09. The van der Waals surface area contributed by atoms with Gasteiger partial charge in [0.05, 0.1) is 17.1 Å². The highest BCUT2D eigenvalue weighted by atomic mass is 79.9. The van der Waals surface area contributed by atoms with E-state index in [2.05, 4.69) is 21.2 Å². The van der Waals surface area contributed by atoms with Crippen LogP contribution in [0.4, 0.5) is 11.4 Å². The Hall–Kier alpha value is -1.79. The first-order valence-electron chi connectivity index (χ1n) is 6.01. The molecule has 0 unspecified atom stereocenters. The molecule has 0 bridgehead atoms. The van der Waals surface area contributed by atoms with Crippen molar-refractivity contribution in [3.63, 3.8) is 0 Å².